The molecule has 0 aliphatic heterocycles. The fourth-order valence-corrected chi connectivity index (χ4v) is 2.54. The van der Waals surface area contributed by atoms with E-state index in [4.69, 9.17) is 4.52 Å². The molecule has 0 aliphatic carbocycles. The molecule has 1 amide bonds. The first-order valence-corrected chi connectivity index (χ1v) is 9.30. The molecule has 148 valence electrons. The third kappa shape index (κ3) is 4.11. The first-order chi connectivity index (χ1) is 13.2. The van der Waals surface area contributed by atoms with Crippen LogP contribution < -0.4 is 5.32 Å². The summed E-state index contributed by atoms with van der Waals surface area (Å²) >= 11 is 0. The first kappa shape index (κ1) is 19.7. The van der Waals surface area contributed by atoms with E-state index in [1.807, 2.05) is 39.8 Å². The van der Waals surface area contributed by atoms with Crippen molar-refractivity contribution in [3.63, 3.8) is 0 Å². The van der Waals surface area contributed by atoms with Crippen LogP contribution in [-0.4, -0.2) is 37.4 Å². The van der Waals surface area contributed by atoms with Gasteiger partial charge in [-0.15, -0.1) is 0 Å². The molecule has 8 heteroatoms. The molecule has 0 saturated carbocycles. The van der Waals surface area contributed by atoms with Crippen LogP contribution in [-0.2, 0) is 5.41 Å². The minimum absolute atomic E-state index is 0.130. The fraction of sp³-hybridized carbons (Fsp3) is 0.450. The summed E-state index contributed by atoms with van der Waals surface area (Å²) in [7, 11) is 0. The van der Waals surface area contributed by atoms with Crippen LogP contribution in [0.4, 0.5) is 0 Å². The topological polar surface area (TPSA) is 98.7 Å². The van der Waals surface area contributed by atoms with Gasteiger partial charge in [0.1, 0.15) is 0 Å². The minimum Gasteiger partial charge on any atom is -0.352 e. The number of hydrogen-bond donors (Lipinski definition) is 1. The van der Waals surface area contributed by atoms with Crippen LogP contribution in [0.15, 0.2) is 29.0 Å². The van der Waals surface area contributed by atoms with Gasteiger partial charge in [-0.2, -0.15) is 10.1 Å². The predicted molar refractivity (Wildman–Crippen MR) is 105 cm³/mol. The number of amides is 1. The monoisotopic (exact) mass is 382 g/mol. The summed E-state index contributed by atoms with van der Waals surface area (Å²) in [6.07, 6.45) is 3.23. The molecule has 0 spiro atoms. The van der Waals surface area contributed by atoms with Crippen molar-refractivity contribution in [3.05, 3.63) is 41.6 Å². The highest BCUT2D eigenvalue weighted by molar-refractivity contribution is 5.95. The molecule has 0 fully saturated rings. The van der Waals surface area contributed by atoms with Crippen LogP contribution in [0.3, 0.4) is 0 Å². The van der Waals surface area contributed by atoms with E-state index in [0.717, 1.165) is 11.3 Å². The largest absolute Gasteiger partial charge is 0.352 e. The summed E-state index contributed by atoms with van der Waals surface area (Å²) in [6, 6.07) is 3.66. The third-order valence-electron chi connectivity index (χ3n) is 4.23. The maximum Gasteiger partial charge on any atom is 0.259 e. The average molecular weight is 382 g/mol. The number of pyridine rings is 1. The molecule has 0 unspecified atom stereocenters. The van der Waals surface area contributed by atoms with Gasteiger partial charge in [-0.1, -0.05) is 39.8 Å². The summed E-state index contributed by atoms with van der Waals surface area (Å²) in [5.41, 5.74) is 1.81. The van der Waals surface area contributed by atoms with E-state index in [-0.39, 0.29) is 11.3 Å². The second kappa shape index (κ2) is 7.53. The molecular formula is C20H26N6O2. The molecule has 3 heterocycles. The fourth-order valence-electron chi connectivity index (χ4n) is 2.54. The van der Waals surface area contributed by atoms with Crippen molar-refractivity contribution in [2.45, 2.75) is 47.0 Å². The lowest BCUT2D eigenvalue weighted by Crippen LogP contribution is -2.27. The molecule has 1 N–H and O–H groups in total. The van der Waals surface area contributed by atoms with E-state index in [1.54, 1.807) is 17.1 Å². The minimum atomic E-state index is -0.187. The Hall–Kier alpha value is -3.03. The smallest absolute Gasteiger partial charge is 0.259 e. The van der Waals surface area contributed by atoms with Gasteiger partial charge in [-0.25, -0.2) is 9.67 Å². The van der Waals surface area contributed by atoms with Crippen molar-refractivity contribution in [2.75, 3.05) is 6.54 Å². The summed E-state index contributed by atoms with van der Waals surface area (Å²) in [6.45, 7) is 12.7. The van der Waals surface area contributed by atoms with Crippen molar-refractivity contribution in [1.82, 2.24) is 30.2 Å². The van der Waals surface area contributed by atoms with Crippen LogP contribution in [0.1, 0.15) is 56.5 Å². The number of carbonyl (C=O) groups excluding carboxylic acids is 1. The van der Waals surface area contributed by atoms with Gasteiger partial charge in [0.05, 0.1) is 23.0 Å². The highest BCUT2D eigenvalue weighted by Gasteiger charge is 2.22. The highest BCUT2D eigenvalue weighted by atomic mass is 16.5. The Balaban J connectivity index is 1.81. The van der Waals surface area contributed by atoms with E-state index in [0.29, 0.717) is 35.6 Å². The van der Waals surface area contributed by atoms with E-state index in [2.05, 4.69) is 39.4 Å². The van der Waals surface area contributed by atoms with E-state index in [1.165, 1.54) is 0 Å². The Morgan fingerprint density at radius 1 is 1.25 bits per heavy atom. The van der Waals surface area contributed by atoms with Crippen LogP contribution in [0.5, 0.6) is 0 Å². The van der Waals surface area contributed by atoms with Crippen molar-refractivity contribution in [1.29, 1.82) is 0 Å². The van der Waals surface area contributed by atoms with Crippen LogP contribution >= 0.6 is 0 Å². The lowest BCUT2D eigenvalue weighted by Gasteiger charge is -2.10. The van der Waals surface area contributed by atoms with Gasteiger partial charge in [0.2, 0.25) is 0 Å². The van der Waals surface area contributed by atoms with E-state index in [9.17, 15) is 4.79 Å². The normalized spacial score (nSPS) is 11.8. The Kier molecular flexibility index (Phi) is 5.31. The molecule has 3 aromatic heterocycles. The molecule has 3 aromatic rings. The third-order valence-corrected chi connectivity index (χ3v) is 4.23. The van der Waals surface area contributed by atoms with Crippen molar-refractivity contribution < 1.29 is 9.32 Å². The number of hydrogen-bond acceptors (Lipinski definition) is 6. The first-order valence-electron chi connectivity index (χ1n) is 9.30. The van der Waals surface area contributed by atoms with Crippen LogP contribution in [0, 0.1) is 12.8 Å². The van der Waals surface area contributed by atoms with Crippen molar-refractivity contribution in [3.8, 4) is 17.3 Å². The second-order valence-corrected chi connectivity index (χ2v) is 8.24. The number of nitrogens with zero attached hydrogens (tertiary/aromatic N) is 5. The zero-order chi connectivity index (χ0) is 20.5. The zero-order valence-electron chi connectivity index (χ0n) is 17.1. The summed E-state index contributed by atoms with van der Waals surface area (Å²) in [5, 5.41) is 11.3. The van der Waals surface area contributed by atoms with Gasteiger partial charge < -0.3 is 9.84 Å². The Labute approximate surface area is 164 Å². The number of nitrogens with one attached hydrogen (secondary N) is 1. The Morgan fingerprint density at radius 2 is 2.00 bits per heavy atom. The molecule has 0 aliphatic rings. The zero-order valence-corrected chi connectivity index (χ0v) is 17.1. The van der Waals surface area contributed by atoms with Gasteiger partial charge in [0.15, 0.2) is 11.6 Å². The van der Waals surface area contributed by atoms with Gasteiger partial charge >= 0.3 is 0 Å². The molecule has 0 saturated heterocycles. The van der Waals surface area contributed by atoms with Gasteiger partial charge in [-0.3, -0.25) is 4.79 Å². The summed E-state index contributed by atoms with van der Waals surface area (Å²) in [4.78, 5) is 21.2. The molecule has 0 atom stereocenters. The van der Waals surface area contributed by atoms with Crippen molar-refractivity contribution in [2.24, 2.45) is 5.92 Å². The van der Waals surface area contributed by atoms with Gasteiger partial charge in [0.25, 0.3) is 11.8 Å². The molecule has 0 aromatic carbocycles. The molecule has 0 radical (unpaired) electrons. The quantitative estimate of drug-likeness (QED) is 0.727. The van der Waals surface area contributed by atoms with E-state index >= 15 is 0 Å². The molecular weight excluding hydrogens is 356 g/mol. The van der Waals surface area contributed by atoms with Crippen LogP contribution in [0.2, 0.25) is 0 Å². The number of aromatic nitrogens is 5. The Morgan fingerprint density at radius 3 is 2.57 bits per heavy atom. The van der Waals surface area contributed by atoms with Crippen LogP contribution in [0.25, 0.3) is 17.3 Å². The number of rotatable bonds is 5. The highest BCUT2D eigenvalue weighted by Crippen LogP contribution is 2.24. The average Bonchev–Trinajstić information content (AvgIpc) is 3.27. The second-order valence-electron chi connectivity index (χ2n) is 8.24. The van der Waals surface area contributed by atoms with Gasteiger partial charge in [-0.05, 0) is 25.0 Å². The maximum atomic E-state index is 12.3. The van der Waals surface area contributed by atoms with Crippen molar-refractivity contribution >= 4 is 5.91 Å². The standard InChI is InChI=1S/C20H26N6O2/c1-12(2)9-22-17(27)15-11-23-26(13(15)3)16-8-7-14(10-21-16)18-24-19(25-28-18)20(4,5)6/h7-8,10-12H,9H2,1-6H3,(H,22,27). The lowest BCUT2D eigenvalue weighted by atomic mass is 9.96. The maximum absolute atomic E-state index is 12.3. The summed E-state index contributed by atoms with van der Waals surface area (Å²) in [5.74, 6) is 1.94. The molecule has 0 bridgehead atoms. The predicted octanol–water partition coefficient (Wildman–Crippen LogP) is 3.31. The SMILES string of the molecule is Cc1c(C(=O)NCC(C)C)cnn1-c1ccc(-c2nc(C(C)(C)C)no2)cn1. The van der Waals surface area contributed by atoms with E-state index < -0.39 is 0 Å². The lowest BCUT2D eigenvalue weighted by molar-refractivity contribution is 0.0948. The molecule has 8 nitrogen and oxygen atoms in total. The summed E-state index contributed by atoms with van der Waals surface area (Å²) < 4.78 is 6.99. The number of carbonyl (C=O) groups is 1. The molecule has 28 heavy (non-hydrogen) atoms. The van der Waals surface area contributed by atoms with Gasteiger partial charge in [0, 0.05) is 18.2 Å². The molecule has 3 rings (SSSR count). The Bertz CT molecular complexity index is 963.